The third-order valence-corrected chi connectivity index (χ3v) is 5.01. The second-order valence-electron chi connectivity index (χ2n) is 5.74. The van der Waals surface area contributed by atoms with Crippen LogP contribution >= 0.6 is 11.3 Å². The highest BCUT2D eigenvalue weighted by molar-refractivity contribution is 7.12. The predicted molar refractivity (Wildman–Crippen MR) is 98.4 cm³/mol. The van der Waals surface area contributed by atoms with Crippen molar-refractivity contribution in [3.05, 3.63) is 46.7 Å². The Bertz CT molecular complexity index is 733. The largest absolute Gasteiger partial charge is 0.495 e. The fourth-order valence-corrected chi connectivity index (χ4v) is 3.51. The van der Waals surface area contributed by atoms with Gasteiger partial charge in [0.25, 0.3) is 5.91 Å². The van der Waals surface area contributed by atoms with Crippen LogP contribution in [0.1, 0.15) is 16.1 Å². The molecule has 1 fully saturated rings. The molecule has 2 aromatic rings. The standard InChI is InChI=1S/C18H21N3O3S/c1-24-15-7-3-2-6-14(15)19-18(23)21-10-5-9-20(11-12-21)17(22)16-8-4-13-25-16/h2-4,6-8,13H,5,9-12H2,1H3,(H,19,23). The monoisotopic (exact) mass is 359 g/mol. The van der Waals surface area contributed by atoms with E-state index in [-0.39, 0.29) is 11.9 Å². The quantitative estimate of drug-likeness (QED) is 0.916. The third kappa shape index (κ3) is 4.11. The highest BCUT2D eigenvalue weighted by Gasteiger charge is 2.23. The molecule has 1 saturated heterocycles. The Hall–Kier alpha value is -2.54. The lowest BCUT2D eigenvalue weighted by Crippen LogP contribution is -2.39. The smallest absolute Gasteiger partial charge is 0.322 e. The molecular formula is C18H21N3O3S. The molecule has 3 amide bonds. The van der Waals surface area contributed by atoms with Gasteiger partial charge in [-0.25, -0.2) is 4.79 Å². The van der Waals surface area contributed by atoms with E-state index in [9.17, 15) is 9.59 Å². The molecule has 0 bridgehead atoms. The highest BCUT2D eigenvalue weighted by atomic mass is 32.1. The number of nitrogens with one attached hydrogen (secondary N) is 1. The molecule has 1 aliphatic rings. The van der Waals surface area contributed by atoms with Crippen molar-refractivity contribution in [2.24, 2.45) is 0 Å². The van der Waals surface area contributed by atoms with Crippen LogP contribution < -0.4 is 10.1 Å². The molecule has 1 aliphatic heterocycles. The van der Waals surface area contributed by atoms with Gasteiger partial charge in [-0.05, 0) is 30.0 Å². The zero-order valence-corrected chi connectivity index (χ0v) is 14.9. The Morgan fingerprint density at radius 3 is 2.56 bits per heavy atom. The fraction of sp³-hybridized carbons (Fsp3) is 0.333. The molecule has 0 saturated carbocycles. The molecule has 0 aliphatic carbocycles. The van der Waals surface area contributed by atoms with Gasteiger partial charge in [-0.1, -0.05) is 18.2 Å². The first-order valence-electron chi connectivity index (χ1n) is 8.21. The summed E-state index contributed by atoms with van der Waals surface area (Å²) >= 11 is 1.45. The zero-order chi connectivity index (χ0) is 17.6. The Morgan fingerprint density at radius 2 is 1.80 bits per heavy atom. The summed E-state index contributed by atoms with van der Waals surface area (Å²) in [5, 5.41) is 4.79. The molecule has 1 aromatic heterocycles. The summed E-state index contributed by atoms with van der Waals surface area (Å²) in [6.07, 6.45) is 0.760. The number of ether oxygens (including phenoxy) is 1. The van der Waals surface area contributed by atoms with E-state index in [4.69, 9.17) is 4.74 Å². The van der Waals surface area contributed by atoms with Crippen molar-refractivity contribution >= 4 is 29.0 Å². The molecule has 1 N–H and O–H groups in total. The van der Waals surface area contributed by atoms with E-state index < -0.39 is 0 Å². The molecule has 0 spiro atoms. The highest BCUT2D eigenvalue weighted by Crippen LogP contribution is 2.23. The number of rotatable bonds is 3. The molecule has 1 aromatic carbocycles. The van der Waals surface area contributed by atoms with Gasteiger partial charge in [-0.2, -0.15) is 0 Å². The zero-order valence-electron chi connectivity index (χ0n) is 14.1. The second-order valence-corrected chi connectivity index (χ2v) is 6.69. The number of carbonyl (C=O) groups is 2. The molecule has 0 atom stereocenters. The molecule has 3 rings (SSSR count). The number of amides is 3. The first-order chi connectivity index (χ1) is 12.2. The van der Waals surface area contributed by atoms with E-state index in [1.807, 2.05) is 34.5 Å². The van der Waals surface area contributed by atoms with Gasteiger partial charge < -0.3 is 19.9 Å². The van der Waals surface area contributed by atoms with E-state index in [0.29, 0.717) is 37.6 Å². The minimum Gasteiger partial charge on any atom is -0.495 e. The number of benzene rings is 1. The number of hydrogen-bond acceptors (Lipinski definition) is 4. The number of methoxy groups -OCH3 is 1. The van der Waals surface area contributed by atoms with Crippen molar-refractivity contribution < 1.29 is 14.3 Å². The lowest BCUT2D eigenvalue weighted by atomic mass is 10.3. The summed E-state index contributed by atoms with van der Waals surface area (Å²) in [6, 6.07) is 10.9. The lowest BCUT2D eigenvalue weighted by molar-refractivity contribution is 0.0767. The Labute approximate surface area is 151 Å². The average Bonchev–Trinajstić information content (AvgIpc) is 3.06. The van der Waals surface area contributed by atoms with E-state index in [1.54, 1.807) is 24.1 Å². The minimum absolute atomic E-state index is 0.0435. The average molecular weight is 359 g/mol. The number of urea groups is 1. The SMILES string of the molecule is COc1ccccc1NC(=O)N1CCCN(C(=O)c2cccs2)CC1. The third-order valence-electron chi connectivity index (χ3n) is 4.15. The maximum Gasteiger partial charge on any atom is 0.322 e. The summed E-state index contributed by atoms with van der Waals surface area (Å²) in [5.41, 5.74) is 0.644. The van der Waals surface area contributed by atoms with Crippen LogP contribution in [0.3, 0.4) is 0 Å². The summed E-state index contributed by atoms with van der Waals surface area (Å²) in [5.74, 6) is 0.669. The van der Waals surface area contributed by atoms with Crippen LogP contribution in [-0.4, -0.2) is 55.0 Å². The van der Waals surface area contributed by atoms with Crippen molar-refractivity contribution in [3.63, 3.8) is 0 Å². The Balaban J connectivity index is 1.61. The maximum atomic E-state index is 12.6. The van der Waals surface area contributed by atoms with Crippen LogP contribution in [-0.2, 0) is 0 Å². The van der Waals surface area contributed by atoms with E-state index in [1.165, 1.54) is 11.3 Å². The fourth-order valence-electron chi connectivity index (χ4n) is 2.82. The van der Waals surface area contributed by atoms with Crippen LogP contribution in [0, 0.1) is 0 Å². The second kappa shape index (κ2) is 8.02. The van der Waals surface area contributed by atoms with Gasteiger partial charge >= 0.3 is 6.03 Å². The summed E-state index contributed by atoms with van der Waals surface area (Å²) in [4.78, 5) is 29.3. The molecule has 132 valence electrons. The summed E-state index contributed by atoms with van der Waals surface area (Å²) < 4.78 is 5.26. The molecular weight excluding hydrogens is 338 g/mol. The van der Waals surface area contributed by atoms with Crippen LogP contribution in [0.4, 0.5) is 10.5 Å². The van der Waals surface area contributed by atoms with Gasteiger partial charge in [-0.3, -0.25) is 4.79 Å². The number of thiophene rings is 1. The van der Waals surface area contributed by atoms with E-state index >= 15 is 0 Å². The molecule has 6 nitrogen and oxygen atoms in total. The number of para-hydroxylation sites is 2. The molecule has 0 radical (unpaired) electrons. The first kappa shape index (κ1) is 17.3. The molecule has 25 heavy (non-hydrogen) atoms. The van der Waals surface area contributed by atoms with Crippen molar-refractivity contribution in [2.75, 3.05) is 38.6 Å². The Morgan fingerprint density at radius 1 is 1.04 bits per heavy atom. The van der Waals surface area contributed by atoms with Gasteiger partial charge in [0, 0.05) is 26.2 Å². The van der Waals surface area contributed by atoms with Gasteiger partial charge in [0.2, 0.25) is 0 Å². The van der Waals surface area contributed by atoms with Gasteiger partial charge in [0.05, 0.1) is 17.7 Å². The number of carbonyl (C=O) groups excluding carboxylic acids is 2. The van der Waals surface area contributed by atoms with Crippen molar-refractivity contribution in [1.82, 2.24) is 9.80 Å². The van der Waals surface area contributed by atoms with Gasteiger partial charge in [0.15, 0.2) is 0 Å². The van der Waals surface area contributed by atoms with Crippen LogP contribution in [0.5, 0.6) is 5.75 Å². The first-order valence-corrected chi connectivity index (χ1v) is 9.08. The number of hydrogen-bond donors (Lipinski definition) is 1. The minimum atomic E-state index is -0.171. The number of anilines is 1. The lowest BCUT2D eigenvalue weighted by Gasteiger charge is -2.22. The molecule has 0 unspecified atom stereocenters. The Kier molecular flexibility index (Phi) is 5.55. The van der Waals surface area contributed by atoms with E-state index in [0.717, 1.165) is 11.3 Å². The van der Waals surface area contributed by atoms with Crippen LogP contribution in [0.2, 0.25) is 0 Å². The van der Waals surface area contributed by atoms with E-state index in [2.05, 4.69) is 5.32 Å². The summed E-state index contributed by atoms with van der Waals surface area (Å²) in [6.45, 7) is 2.33. The summed E-state index contributed by atoms with van der Waals surface area (Å²) in [7, 11) is 1.57. The van der Waals surface area contributed by atoms with Crippen LogP contribution in [0.15, 0.2) is 41.8 Å². The molecule has 2 heterocycles. The topological polar surface area (TPSA) is 61.9 Å². The van der Waals surface area contributed by atoms with Gasteiger partial charge in [0.1, 0.15) is 5.75 Å². The predicted octanol–water partition coefficient (Wildman–Crippen LogP) is 3.14. The van der Waals surface area contributed by atoms with Crippen molar-refractivity contribution in [3.8, 4) is 5.75 Å². The van der Waals surface area contributed by atoms with Crippen molar-refractivity contribution in [1.29, 1.82) is 0 Å². The van der Waals surface area contributed by atoms with Gasteiger partial charge in [-0.15, -0.1) is 11.3 Å². The van der Waals surface area contributed by atoms with Crippen LogP contribution in [0.25, 0.3) is 0 Å². The van der Waals surface area contributed by atoms with Crippen molar-refractivity contribution in [2.45, 2.75) is 6.42 Å². The normalized spacial score (nSPS) is 14.8. The molecule has 7 heteroatoms. The maximum absolute atomic E-state index is 12.6. The number of nitrogens with zero attached hydrogens (tertiary/aromatic N) is 2.